The maximum Gasteiger partial charge on any atom is 0.257 e. The van der Waals surface area contributed by atoms with Gasteiger partial charge in [0.1, 0.15) is 5.82 Å². The molecule has 0 aliphatic rings. The standard InChI is InChI=1S/C14H21FN2O3S/c1-6-14(3,4)17(5)13(18)10-8-12(21(16,19)20)9(2)7-11(10)15/h7-8H,6H2,1-5H3,(H2,16,19,20). The number of hydrogen-bond donors (Lipinski definition) is 1. The lowest BCUT2D eigenvalue weighted by molar-refractivity contribution is 0.0615. The van der Waals surface area contributed by atoms with Crippen LogP contribution in [-0.2, 0) is 10.0 Å². The van der Waals surface area contributed by atoms with E-state index < -0.39 is 27.3 Å². The molecule has 0 aromatic heterocycles. The van der Waals surface area contributed by atoms with Crippen LogP contribution in [0, 0.1) is 12.7 Å². The molecule has 1 aromatic carbocycles. The predicted octanol–water partition coefficient (Wildman–Crippen LogP) is 2.04. The monoisotopic (exact) mass is 316 g/mol. The summed E-state index contributed by atoms with van der Waals surface area (Å²) in [5, 5.41) is 5.09. The Morgan fingerprint density at radius 1 is 1.38 bits per heavy atom. The normalized spacial score (nSPS) is 12.3. The van der Waals surface area contributed by atoms with E-state index in [0.29, 0.717) is 6.42 Å². The van der Waals surface area contributed by atoms with E-state index in [1.807, 2.05) is 20.8 Å². The molecule has 118 valence electrons. The Bertz CT molecular complexity index is 669. The minimum Gasteiger partial charge on any atom is -0.337 e. The number of aryl methyl sites for hydroxylation is 1. The minimum absolute atomic E-state index is 0.170. The van der Waals surface area contributed by atoms with Gasteiger partial charge in [-0.15, -0.1) is 0 Å². The average molecular weight is 316 g/mol. The highest BCUT2D eigenvalue weighted by Gasteiger charge is 2.29. The Balaban J connectivity index is 3.41. The Hall–Kier alpha value is -1.47. The smallest absolute Gasteiger partial charge is 0.257 e. The van der Waals surface area contributed by atoms with Gasteiger partial charge in [-0.1, -0.05) is 6.92 Å². The van der Waals surface area contributed by atoms with Gasteiger partial charge in [-0.05, 0) is 44.9 Å². The van der Waals surface area contributed by atoms with Crippen LogP contribution in [0.3, 0.4) is 0 Å². The first-order valence-electron chi connectivity index (χ1n) is 6.53. The van der Waals surface area contributed by atoms with Gasteiger partial charge in [0.2, 0.25) is 10.0 Å². The summed E-state index contributed by atoms with van der Waals surface area (Å²) in [6, 6.07) is 2.02. The van der Waals surface area contributed by atoms with Crippen molar-refractivity contribution < 1.29 is 17.6 Å². The van der Waals surface area contributed by atoms with Crippen molar-refractivity contribution in [1.82, 2.24) is 4.90 Å². The van der Waals surface area contributed by atoms with E-state index in [9.17, 15) is 17.6 Å². The summed E-state index contributed by atoms with van der Waals surface area (Å²) < 4.78 is 37.0. The first kappa shape index (κ1) is 17.6. The average Bonchev–Trinajstić information content (AvgIpc) is 2.35. The molecule has 1 aromatic rings. The largest absolute Gasteiger partial charge is 0.337 e. The van der Waals surface area contributed by atoms with Crippen LogP contribution >= 0.6 is 0 Å². The number of carbonyl (C=O) groups is 1. The van der Waals surface area contributed by atoms with Crippen LogP contribution in [-0.4, -0.2) is 31.8 Å². The topological polar surface area (TPSA) is 80.5 Å². The second-order valence-corrected chi connectivity index (χ2v) is 7.20. The van der Waals surface area contributed by atoms with Crippen LogP contribution in [0.25, 0.3) is 0 Å². The Morgan fingerprint density at radius 2 is 1.90 bits per heavy atom. The molecular weight excluding hydrogens is 295 g/mol. The van der Waals surface area contributed by atoms with Crippen molar-refractivity contribution in [3.63, 3.8) is 0 Å². The fourth-order valence-corrected chi connectivity index (χ4v) is 2.61. The summed E-state index contributed by atoms with van der Waals surface area (Å²) in [5.74, 6) is -1.34. The summed E-state index contributed by atoms with van der Waals surface area (Å²) in [5.41, 5.74) is -0.603. The van der Waals surface area contributed by atoms with Crippen molar-refractivity contribution in [3.05, 3.63) is 29.1 Å². The zero-order chi connectivity index (χ0) is 16.6. The molecule has 0 bridgehead atoms. The Labute approximate surface area is 125 Å². The van der Waals surface area contributed by atoms with Crippen molar-refractivity contribution in [2.45, 2.75) is 44.6 Å². The molecule has 0 aliphatic heterocycles. The number of nitrogens with two attached hydrogens (primary N) is 1. The van der Waals surface area contributed by atoms with Gasteiger partial charge in [-0.3, -0.25) is 4.79 Å². The minimum atomic E-state index is -4.01. The zero-order valence-electron chi connectivity index (χ0n) is 12.9. The van der Waals surface area contributed by atoms with Crippen molar-refractivity contribution >= 4 is 15.9 Å². The van der Waals surface area contributed by atoms with Crippen LogP contribution < -0.4 is 5.14 Å². The quantitative estimate of drug-likeness (QED) is 0.923. The summed E-state index contributed by atoms with van der Waals surface area (Å²) in [4.78, 5) is 13.6. The maximum absolute atomic E-state index is 14.0. The second-order valence-electron chi connectivity index (χ2n) is 5.67. The second kappa shape index (κ2) is 5.73. The highest BCUT2D eigenvalue weighted by molar-refractivity contribution is 7.89. The molecule has 21 heavy (non-hydrogen) atoms. The highest BCUT2D eigenvalue weighted by Crippen LogP contribution is 2.24. The third kappa shape index (κ3) is 3.59. The molecular formula is C14H21FN2O3S. The van der Waals surface area contributed by atoms with Crippen molar-refractivity contribution in [2.75, 3.05) is 7.05 Å². The van der Waals surface area contributed by atoms with Crippen LogP contribution in [0.1, 0.15) is 43.1 Å². The van der Waals surface area contributed by atoms with Gasteiger partial charge in [0.05, 0.1) is 10.5 Å². The molecule has 0 saturated heterocycles. The lowest BCUT2D eigenvalue weighted by atomic mass is 9.98. The highest BCUT2D eigenvalue weighted by atomic mass is 32.2. The molecule has 0 unspecified atom stereocenters. The molecule has 0 saturated carbocycles. The zero-order valence-corrected chi connectivity index (χ0v) is 13.7. The summed E-state index contributed by atoms with van der Waals surface area (Å²) in [7, 11) is -2.45. The first-order chi connectivity index (χ1) is 9.41. The Kier molecular flexibility index (Phi) is 4.80. The van der Waals surface area contributed by atoms with Gasteiger partial charge >= 0.3 is 0 Å². The lowest BCUT2D eigenvalue weighted by Gasteiger charge is -2.35. The number of primary sulfonamides is 1. The van der Waals surface area contributed by atoms with Crippen molar-refractivity contribution in [2.24, 2.45) is 5.14 Å². The molecule has 0 spiro atoms. The van der Waals surface area contributed by atoms with E-state index in [1.54, 1.807) is 7.05 Å². The van der Waals surface area contributed by atoms with E-state index in [2.05, 4.69) is 0 Å². The number of benzene rings is 1. The third-order valence-electron chi connectivity index (χ3n) is 3.88. The van der Waals surface area contributed by atoms with Crippen molar-refractivity contribution in [3.8, 4) is 0 Å². The molecule has 2 N–H and O–H groups in total. The van der Waals surface area contributed by atoms with E-state index >= 15 is 0 Å². The van der Waals surface area contributed by atoms with Crippen molar-refractivity contribution in [1.29, 1.82) is 0 Å². The first-order valence-corrected chi connectivity index (χ1v) is 8.07. The molecule has 1 amide bonds. The predicted molar refractivity (Wildman–Crippen MR) is 79.0 cm³/mol. The SMILES string of the molecule is CCC(C)(C)N(C)C(=O)c1cc(S(N)(=O)=O)c(C)cc1F. The molecule has 0 heterocycles. The number of carbonyl (C=O) groups excluding carboxylic acids is 1. The molecule has 0 radical (unpaired) electrons. The van der Waals surface area contributed by atoms with Crippen LogP contribution in [0.5, 0.6) is 0 Å². The van der Waals surface area contributed by atoms with Crippen LogP contribution in [0.4, 0.5) is 4.39 Å². The summed E-state index contributed by atoms with van der Waals surface area (Å²) in [6.07, 6.45) is 0.671. The van der Waals surface area contributed by atoms with Gasteiger partial charge in [0.15, 0.2) is 0 Å². The molecule has 5 nitrogen and oxygen atoms in total. The number of halogens is 1. The number of sulfonamides is 1. The fourth-order valence-electron chi connectivity index (χ4n) is 1.82. The van der Waals surface area contributed by atoms with E-state index in [4.69, 9.17) is 5.14 Å². The summed E-state index contributed by atoms with van der Waals surface area (Å²) in [6.45, 7) is 7.02. The van der Waals surface area contributed by atoms with Crippen LogP contribution in [0.2, 0.25) is 0 Å². The van der Waals surface area contributed by atoms with E-state index in [0.717, 1.165) is 12.1 Å². The van der Waals surface area contributed by atoms with Gasteiger partial charge in [0, 0.05) is 12.6 Å². The summed E-state index contributed by atoms with van der Waals surface area (Å²) >= 11 is 0. The molecule has 0 aliphatic carbocycles. The fraction of sp³-hybridized carbons (Fsp3) is 0.500. The van der Waals surface area contributed by atoms with Crippen LogP contribution in [0.15, 0.2) is 17.0 Å². The van der Waals surface area contributed by atoms with E-state index in [1.165, 1.54) is 11.8 Å². The van der Waals surface area contributed by atoms with Gasteiger partial charge < -0.3 is 4.90 Å². The molecule has 7 heteroatoms. The molecule has 1 rings (SSSR count). The molecule has 0 fully saturated rings. The number of hydrogen-bond acceptors (Lipinski definition) is 3. The molecule has 0 atom stereocenters. The third-order valence-corrected chi connectivity index (χ3v) is 4.93. The van der Waals surface area contributed by atoms with Gasteiger partial charge in [0.25, 0.3) is 5.91 Å². The number of amides is 1. The van der Waals surface area contributed by atoms with E-state index in [-0.39, 0.29) is 16.0 Å². The number of rotatable bonds is 4. The lowest BCUT2D eigenvalue weighted by Crippen LogP contribution is -2.44. The Morgan fingerprint density at radius 3 is 2.33 bits per heavy atom. The maximum atomic E-state index is 14.0. The van der Waals surface area contributed by atoms with Gasteiger partial charge in [-0.2, -0.15) is 0 Å². The van der Waals surface area contributed by atoms with Gasteiger partial charge in [-0.25, -0.2) is 17.9 Å². The number of nitrogens with zero attached hydrogens (tertiary/aromatic N) is 1.